The van der Waals surface area contributed by atoms with Gasteiger partial charge in [-0.15, -0.1) is 0 Å². The van der Waals surface area contributed by atoms with Gasteiger partial charge in [0.15, 0.2) is 0 Å². The van der Waals surface area contributed by atoms with Gasteiger partial charge in [-0.2, -0.15) is 0 Å². The normalized spacial score (nSPS) is 12.4. The van der Waals surface area contributed by atoms with Crippen molar-refractivity contribution in [3.8, 4) is 0 Å². The zero-order valence-corrected chi connectivity index (χ0v) is 21.8. The largest absolute Gasteiger partial charge is 0.352 e. The number of sulfonamides is 1. The van der Waals surface area contributed by atoms with Crippen molar-refractivity contribution in [3.05, 3.63) is 63.1 Å². The van der Waals surface area contributed by atoms with Gasteiger partial charge in [0, 0.05) is 33.2 Å². The molecule has 0 aromatic heterocycles. The molecule has 2 aromatic carbocycles. The Kier molecular flexibility index (Phi) is 9.43. The van der Waals surface area contributed by atoms with Crippen LogP contribution in [-0.4, -0.2) is 50.0 Å². The number of amides is 2. The van der Waals surface area contributed by atoms with E-state index in [1.54, 1.807) is 51.1 Å². The number of hydrogen-bond donors (Lipinski definition) is 1. The third kappa shape index (κ3) is 7.50. The van der Waals surface area contributed by atoms with Crippen LogP contribution >= 0.6 is 34.8 Å². The van der Waals surface area contributed by atoms with Gasteiger partial charge >= 0.3 is 0 Å². The predicted octanol–water partition coefficient (Wildman–Crippen LogP) is 4.35. The minimum atomic E-state index is -3.84. The third-order valence-corrected chi connectivity index (χ3v) is 6.85. The molecule has 2 amide bonds. The smallest absolute Gasteiger partial charge is 0.244 e. The van der Waals surface area contributed by atoms with Crippen LogP contribution in [0.1, 0.15) is 26.3 Å². The van der Waals surface area contributed by atoms with Crippen molar-refractivity contribution in [2.45, 2.75) is 39.4 Å². The Morgan fingerprint density at radius 3 is 2.09 bits per heavy atom. The molecule has 7 nitrogen and oxygen atoms in total. The van der Waals surface area contributed by atoms with E-state index in [1.807, 2.05) is 0 Å². The summed E-state index contributed by atoms with van der Waals surface area (Å²) in [4.78, 5) is 27.4. The molecule has 0 heterocycles. The summed E-state index contributed by atoms with van der Waals surface area (Å²) < 4.78 is 26.0. The van der Waals surface area contributed by atoms with E-state index in [0.29, 0.717) is 20.6 Å². The maximum Gasteiger partial charge on any atom is 0.244 e. The van der Waals surface area contributed by atoms with Crippen LogP contribution in [0.15, 0.2) is 42.5 Å². The van der Waals surface area contributed by atoms with Crippen LogP contribution in [0.2, 0.25) is 15.1 Å². The second kappa shape index (κ2) is 11.4. The maximum absolute atomic E-state index is 13.4. The van der Waals surface area contributed by atoms with E-state index < -0.39 is 34.4 Å². The van der Waals surface area contributed by atoms with Crippen LogP contribution < -0.4 is 9.62 Å². The van der Waals surface area contributed by atoms with Gasteiger partial charge in [0.05, 0.1) is 11.9 Å². The topological polar surface area (TPSA) is 86.8 Å². The van der Waals surface area contributed by atoms with Crippen LogP contribution in [0.3, 0.4) is 0 Å². The molecule has 180 valence electrons. The highest BCUT2D eigenvalue weighted by atomic mass is 35.5. The van der Waals surface area contributed by atoms with Gasteiger partial charge in [-0.25, -0.2) is 8.42 Å². The molecule has 0 bridgehead atoms. The quantitative estimate of drug-likeness (QED) is 0.518. The first kappa shape index (κ1) is 27.2. The monoisotopic (exact) mass is 533 g/mol. The van der Waals surface area contributed by atoms with Crippen LogP contribution in [0.5, 0.6) is 0 Å². The molecule has 0 aliphatic heterocycles. The summed E-state index contributed by atoms with van der Waals surface area (Å²) >= 11 is 18.6. The first-order valence-electron chi connectivity index (χ1n) is 10.1. The second-order valence-electron chi connectivity index (χ2n) is 7.81. The van der Waals surface area contributed by atoms with Crippen LogP contribution in [-0.2, 0) is 26.2 Å². The molecule has 11 heteroatoms. The molecule has 2 rings (SSSR count). The zero-order chi connectivity index (χ0) is 24.9. The molecule has 1 N–H and O–H groups in total. The second-order valence-corrected chi connectivity index (χ2v) is 11.0. The number of nitrogens with one attached hydrogen (secondary N) is 1. The summed E-state index contributed by atoms with van der Waals surface area (Å²) in [7, 11) is -3.84. The zero-order valence-electron chi connectivity index (χ0n) is 18.7. The molecule has 0 saturated heterocycles. The van der Waals surface area contributed by atoms with Gasteiger partial charge in [0.2, 0.25) is 21.8 Å². The van der Waals surface area contributed by atoms with E-state index in [-0.39, 0.29) is 18.3 Å². The summed E-state index contributed by atoms with van der Waals surface area (Å²) in [5.41, 5.74) is 0.681. The lowest BCUT2D eigenvalue weighted by atomic mass is 10.1. The third-order valence-electron chi connectivity index (χ3n) is 4.76. The highest BCUT2D eigenvalue weighted by Gasteiger charge is 2.31. The summed E-state index contributed by atoms with van der Waals surface area (Å²) in [6, 6.07) is 9.99. The van der Waals surface area contributed by atoms with Crippen molar-refractivity contribution in [2.75, 3.05) is 17.1 Å². The molecule has 1 unspecified atom stereocenters. The van der Waals surface area contributed by atoms with Crippen LogP contribution in [0.25, 0.3) is 0 Å². The van der Waals surface area contributed by atoms with Gasteiger partial charge in [-0.05, 0) is 51.1 Å². The molecule has 0 radical (unpaired) electrons. The fourth-order valence-corrected chi connectivity index (χ4v) is 4.63. The molecule has 0 aliphatic carbocycles. The lowest BCUT2D eigenvalue weighted by Crippen LogP contribution is -2.52. The van der Waals surface area contributed by atoms with Crippen molar-refractivity contribution in [1.82, 2.24) is 10.2 Å². The van der Waals surface area contributed by atoms with Gasteiger partial charge in [0.25, 0.3) is 0 Å². The van der Waals surface area contributed by atoms with Gasteiger partial charge in [-0.3, -0.25) is 13.9 Å². The number of rotatable bonds is 9. The van der Waals surface area contributed by atoms with Crippen molar-refractivity contribution < 1.29 is 18.0 Å². The molecule has 0 fully saturated rings. The number of benzene rings is 2. The molecular weight excluding hydrogens is 509 g/mol. The number of nitrogens with zero attached hydrogens (tertiary/aromatic N) is 2. The van der Waals surface area contributed by atoms with Gasteiger partial charge < -0.3 is 10.2 Å². The Morgan fingerprint density at radius 2 is 1.58 bits per heavy atom. The minimum Gasteiger partial charge on any atom is -0.352 e. The first-order chi connectivity index (χ1) is 15.3. The molecular formula is C22H26Cl3N3O4S. The van der Waals surface area contributed by atoms with Gasteiger partial charge in [0.1, 0.15) is 12.6 Å². The summed E-state index contributed by atoms with van der Waals surface area (Å²) in [5, 5.41) is 3.74. The fraction of sp³-hybridized carbons (Fsp3) is 0.364. The van der Waals surface area contributed by atoms with Gasteiger partial charge in [-0.1, -0.05) is 46.9 Å². The average Bonchev–Trinajstić information content (AvgIpc) is 2.69. The standard InChI is InChI=1S/C22H26Cl3N3O4S/c1-14(2)26-22(30)15(3)27(12-18-19(24)9-6-10-20(18)25)21(29)13-28(33(4,31)32)17-8-5-7-16(23)11-17/h5-11,14-15H,12-13H2,1-4H3,(H,26,30). The molecule has 0 saturated carbocycles. The molecule has 33 heavy (non-hydrogen) atoms. The van der Waals surface area contributed by atoms with Crippen molar-refractivity contribution >= 4 is 62.3 Å². The lowest BCUT2D eigenvalue weighted by molar-refractivity contribution is -0.139. The van der Waals surface area contributed by atoms with E-state index in [2.05, 4.69) is 5.32 Å². The minimum absolute atomic E-state index is 0.0861. The Bertz CT molecular complexity index is 1110. The first-order valence-corrected chi connectivity index (χ1v) is 13.1. The van der Waals surface area contributed by atoms with Crippen molar-refractivity contribution in [1.29, 1.82) is 0 Å². The Hall–Kier alpha value is -2.00. The van der Waals surface area contributed by atoms with Crippen LogP contribution in [0, 0.1) is 0 Å². The maximum atomic E-state index is 13.4. The number of carbonyl (C=O) groups excluding carboxylic acids is 2. The van der Waals surface area contributed by atoms with E-state index in [1.165, 1.54) is 17.0 Å². The SMILES string of the molecule is CC(C)NC(=O)C(C)N(Cc1c(Cl)cccc1Cl)C(=O)CN(c1cccc(Cl)c1)S(C)(=O)=O. The highest BCUT2D eigenvalue weighted by Crippen LogP contribution is 2.27. The number of anilines is 1. The predicted molar refractivity (Wildman–Crippen MR) is 133 cm³/mol. The average molecular weight is 535 g/mol. The number of hydrogen-bond acceptors (Lipinski definition) is 4. The molecule has 0 spiro atoms. The Morgan fingerprint density at radius 1 is 1.00 bits per heavy atom. The lowest BCUT2D eigenvalue weighted by Gasteiger charge is -2.32. The summed E-state index contributed by atoms with van der Waals surface area (Å²) in [5.74, 6) is -1.00. The Labute approximate surface area is 209 Å². The van der Waals surface area contributed by atoms with Crippen LogP contribution in [0.4, 0.5) is 5.69 Å². The molecule has 0 aliphatic rings. The van der Waals surface area contributed by atoms with E-state index in [0.717, 1.165) is 10.6 Å². The summed E-state index contributed by atoms with van der Waals surface area (Å²) in [6.45, 7) is 4.53. The van der Waals surface area contributed by atoms with Crippen molar-refractivity contribution in [3.63, 3.8) is 0 Å². The Balaban J connectivity index is 2.45. The molecule has 1 atom stereocenters. The number of halogens is 3. The summed E-state index contributed by atoms with van der Waals surface area (Å²) in [6.07, 6.45) is 0.991. The van der Waals surface area contributed by atoms with Crippen molar-refractivity contribution in [2.24, 2.45) is 0 Å². The number of carbonyl (C=O) groups is 2. The van der Waals surface area contributed by atoms with E-state index in [4.69, 9.17) is 34.8 Å². The van der Waals surface area contributed by atoms with E-state index >= 15 is 0 Å². The molecule has 2 aromatic rings. The van der Waals surface area contributed by atoms with E-state index in [9.17, 15) is 18.0 Å². The fourth-order valence-electron chi connectivity index (χ4n) is 3.09. The highest BCUT2D eigenvalue weighted by molar-refractivity contribution is 7.92.